The predicted octanol–water partition coefficient (Wildman–Crippen LogP) is 2.71. The second-order valence-electron chi connectivity index (χ2n) is 7.66. The minimum Gasteiger partial charge on any atom is -0.354 e. The summed E-state index contributed by atoms with van der Waals surface area (Å²) in [7, 11) is 0. The number of amides is 3. The number of halogens is 1. The molecule has 2 aromatic rings. The highest BCUT2D eigenvalue weighted by Gasteiger charge is 2.34. The molecule has 1 N–H and O–H groups in total. The van der Waals surface area contributed by atoms with Crippen molar-refractivity contribution in [3.8, 4) is 0 Å². The maximum Gasteiger partial charge on any atom is 0.293 e. The number of hydrogen-bond acceptors (Lipinski definition) is 7. The molecule has 2 fully saturated rings. The van der Waals surface area contributed by atoms with Crippen molar-refractivity contribution >= 4 is 52.3 Å². The summed E-state index contributed by atoms with van der Waals surface area (Å²) < 4.78 is 0. The second kappa shape index (κ2) is 10.8. The Labute approximate surface area is 201 Å². The number of piperazine rings is 1. The molecular weight excluding hydrogens is 462 g/mol. The summed E-state index contributed by atoms with van der Waals surface area (Å²) in [6, 6.07) is 13.0. The third kappa shape index (κ3) is 5.93. The lowest BCUT2D eigenvalue weighted by Crippen LogP contribution is -2.50. The summed E-state index contributed by atoms with van der Waals surface area (Å²) in [4.78, 5) is 47.4. The molecule has 4 rings (SSSR count). The van der Waals surface area contributed by atoms with Crippen LogP contribution >= 0.6 is 23.4 Å². The van der Waals surface area contributed by atoms with Crippen molar-refractivity contribution in [3.63, 3.8) is 0 Å². The molecule has 2 aliphatic heterocycles. The summed E-state index contributed by atoms with van der Waals surface area (Å²) in [5, 5.41) is 2.97. The largest absolute Gasteiger partial charge is 0.354 e. The van der Waals surface area contributed by atoms with Crippen molar-refractivity contribution < 1.29 is 14.4 Å². The summed E-state index contributed by atoms with van der Waals surface area (Å²) in [6.45, 7) is 3.76. The second-order valence-corrected chi connectivity index (χ2v) is 9.06. The van der Waals surface area contributed by atoms with Crippen LogP contribution in [0.25, 0.3) is 6.08 Å². The number of imide groups is 1. The van der Waals surface area contributed by atoms with Crippen molar-refractivity contribution in [2.75, 3.05) is 50.7 Å². The molecule has 33 heavy (non-hydrogen) atoms. The molecule has 0 atom stereocenters. The van der Waals surface area contributed by atoms with Crippen LogP contribution in [0.2, 0.25) is 5.02 Å². The molecular formula is C23H24ClN5O3S. The van der Waals surface area contributed by atoms with E-state index >= 15 is 0 Å². The summed E-state index contributed by atoms with van der Waals surface area (Å²) in [5.41, 5.74) is 0.682. The number of aromatic nitrogens is 1. The van der Waals surface area contributed by atoms with Gasteiger partial charge in [0, 0.05) is 50.5 Å². The van der Waals surface area contributed by atoms with Crippen molar-refractivity contribution in [3.05, 3.63) is 64.2 Å². The third-order valence-corrected chi connectivity index (χ3v) is 6.69. The monoisotopic (exact) mass is 485 g/mol. The highest BCUT2D eigenvalue weighted by Crippen LogP contribution is 2.33. The molecule has 0 bridgehead atoms. The van der Waals surface area contributed by atoms with Gasteiger partial charge in [-0.25, -0.2) is 4.98 Å². The van der Waals surface area contributed by atoms with Gasteiger partial charge in [0.1, 0.15) is 5.82 Å². The van der Waals surface area contributed by atoms with E-state index in [0.29, 0.717) is 15.5 Å². The van der Waals surface area contributed by atoms with Gasteiger partial charge in [-0.15, -0.1) is 0 Å². The number of anilines is 1. The van der Waals surface area contributed by atoms with Crippen LogP contribution in [0, 0.1) is 0 Å². The van der Waals surface area contributed by atoms with Gasteiger partial charge < -0.3 is 10.2 Å². The lowest BCUT2D eigenvalue weighted by molar-refractivity contribution is -0.124. The number of thioether (sulfide) groups is 1. The molecule has 10 heteroatoms. The zero-order valence-electron chi connectivity index (χ0n) is 17.9. The number of nitrogens with one attached hydrogen (secondary N) is 1. The van der Waals surface area contributed by atoms with Crippen molar-refractivity contribution in [2.24, 2.45) is 0 Å². The number of hydrogen-bond donors (Lipinski definition) is 1. The minimum atomic E-state index is -0.371. The molecule has 0 radical (unpaired) electrons. The van der Waals surface area contributed by atoms with Gasteiger partial charge in [0.2, 0.25) is 5.91 Å². The van der Waals surface area contributed by atoms with Crippen LogP contribution in [-0.4, -0.2) is 77.7 Å². The van der Waals surface area contributed by atoms with E-state index in [1.807, 2.05) is 24.3 Å². The zero-order valence-corrected chi connectivity index (χ0v) is 19.5. The zero-order chi connectivity index (χ0) is 23.2. The number of nitrogens with zero attached hydrogens (tertiary/aromatic N) is 4. The van der Waals surface area contributed by atoms with E-state index in [9.17, 15) is 14.4 Å². The summed E-state index contributed by atoms with van der Waals surface area (Å²) in [5.74, 6) is 0.451. The molecule has 8 nitrogen and oxygen atoms in total. The maximum atomic E-state index is 12.6. The first-order chi connectivity index (χ1) is 16.0. The van der Waals surface area contributed by atoms with Crippen LogP contribution < -0.4 is 10.2 Å². The van der Waals surface area contributed by atoms with E-state index in [1.54, 1.807) is 30.5 Å². The summed E-state index contributed by atoms with van der Waals surface area (Å²) in [6.07, 6.45) is 3.40. The number of carbonyl (C=O) groups is 3. The summed E-state index contributed by atoms with van der Waals surface area (Å²) >= 11 is 7.02. The standard InChI is InChI=1S/C23H24ClN5O3S/c24-18-6-2-1-5-17(18)15-19-22(31)29(23(32)33-19)10-9-26-21(30)16-27-11-13-28(14-12-27)20-7-3-4-8-25-20/h1-8,15H,9-14,16H2,(H,26,30). The molecule has 1 aromatic carbocycles. The first-order valence-corrected chi connectivity index (χ1v) is 11.9. The Morgan fingerprint density at radius 3 is 2.58 bits per heavy atom. The average Bonchev–Trinajstić information content (AvgIpc) is 3.09. The van der Waals surface area contributed by atoms with Gasteiger partial charge in [-0.05, 0) is 41.6 Å². The fourth-order valence-corrected chi connectivity index (χ4v) is 4.71. The molecule has 0 saturated carbocycles. The van der Waals surface area contributed by atoms with Crippen molar-refractivity contribution in [1.29, 1.82) is 0 Å². The molecule has 3 heterocycles. The Morgan fingerprint density at radius 2 is 1.85 bits per heavy atom. The number of rotatable bonds is 7. The predicted molar refractivity (Wildman–Crippen MR) is 130 cm³/mol. The molecule has 2 saturated heterocycles. The topological polar surface area (TPSA) is 85.8 Å². The van der Waals surface area contributed by atoms with E-state index in [2.05, 4.69) is 20.1 Å². The normalized spacial score (nSPS) is 18.3. The molecule has 2 aliphatic rings. The van der Waals surface area contributed by atoms with Crippen LogP contribution in [0.5, 0.6) is 0 Å². The Balaban J connectivity index is 1.21. The van der Waals surface area contributed by atoms with Crippen LogP contribution in [0.3, 0.4) is 0 Å². The first kappa shape index (κ1) is 23.3. The van der Waals surface area contributed by atoms with E-state index in [4.69, 9.17) is 11.6 Å². The van der Waals surface area contributed by atoms with E-state index in [1.165, 1.54) is 0 Å². The molecule has 3 amide bonds. The molecule has 1 aromatic heterocycles. The van der Waals surface area contributed by atoms with Gasteiger partial charge in [0.05, 0.1) is 11.4 Å². The van der Waals surface area contributed by atoms with Crippen LogP contribution in [-0.2, 0) is 9.59 Å². The Morgan fingerprint density at radius 1 is 1.09 bits per heavy atom. The number of carbonyl (C=O) groups excluding carboxylic acids is 3. The third-order valence-electron chi connectivity index (χ3n) is 5.44. The molecule has 172 valence electrons. The van der Waals surface area contributed by atoms with Gasteiger partial charge in [0.25, 0.3) is 11.1 Å². The molecule has 0 aliphatic carbocycles. The van der Waals surface area contributed by atoms with E-state index in [-0.39, 0.29) is 36.7 Å². The highest BCUT2D eigenvalue weighted by atomic mass is 35.5. The van der Waals surface area contributed by atoms with Crippen LogP contribution in [0.15, 0.2) is 53.6 Å². The van der Waals surface area contributed by atoms with Crippen molar-refractivity contribution in [1.82, 2.24) is 20.1 Å². The van der Waals surface area contributed by atoms with Gasteiger partial charge in [-0.1, -0.05) is 35.9 Å². The smallest absolute Gasteiger partial charge is 0.293 e. The van der Waals surface area contributed by atoms with Gasteiger partial charge in [-0.3, -0.25) is 24.2 Å². The SMILES string of the molecule is O=C(CN1CCN(c2ccccn2)CC1)NCCN1C(=O)SC(=Cc2ccccc2Cl)C1=O. The minimum absolute atomic E-state index is 0.125. The highest BCUT2D eigenvalue weighted by molar-refractivity contribution is 8.18. The van der Waals surface area contributed by atoms with E-state index in [0.717, 1.165) is 48.7 Å². The van der Waals surface area contributed by atoms with Gasteiger partial charge >= 0.3 is 0 Å². The van der Waals surface area contributed by atoms with Gasteiger partial charge in [-0.2, -0.15) is 0 Å². The Kier molecular flexibility index (Phi) is 7.64. The van der Waals surface area contributed by atoms with Gasteiger partial charge in [0.15, 0.2) is 0 Å². The quantitative estimate of drug-likeness (QED) is 0.603. The maximum absolute atomic E-state index is 12.6. The van der Waals surface area contributed by atoms with Crippen molar-refractivity contribution in [2.45, 2.75) is 0 Å². The van der Waals surface area contributed by atoms with Crippen LogP contribution in [0.4, 0.5) is 10.6 Å². The number of pyridine rings is 1. The fourth-order valence-electron chi connectivity index (χ4n) is 3.67. The number of benzene rings is 1. The Hall–Kier alpha value is -2.88. The van der Waals surface area contributed by atoms with E-state index < -0.39 is 0 Å². The molecule has 0 unspecified atom stereocenters. The lowest BCUT2D eigenvalue weighted by Gasteiger charge is -2.34. The average molecular weight is 486 g/mol. The Bertz CT molecular complexity index is 1060. The first-order valence-electron chi connectivity index (χ1n) is 10.7. The fraction of sp³-hybridized carbons (Fsp3) is 0.304. The lowest BCUT2D eigenvalue weighted by atomic mass is 10.2. The van der Waals surface area contributed by atoms with Crippen LogP contribution in [0.1, 0.15) is 5.56 Å². The molecule has 0 spiro atoms.